The highest BCUT2D eigenvalue weighted by Gasteiger charge is 2.90. The summed E-state index contributed by atoms with van der Waals surface area (Å²) in [6.07, 6.45) is -0.591. The van der Waals surface area contributed by atoms with Gasteiger partial charge in [0.05, 0.1) is 32.5 Å². The molecule has 6 saturated carbocycles. The van der Waals surface area contributed by atoms with Crippen molar-refractivity contribution in [3.63, 3.8) is 0 Å². The quantitative estimate of drug-likeness (QED) is 0.599. The number of benzene rings is 2. The van der Waals surface area contributed by atoms with Crippen LogP contribution in [0, 0.1) is 59.2 Å². The Bertz CT molecular complexity index is 1420. The average Bonchev–Trinajstić information content (AvgIpc) is 3.66. The fourth-order valence-corrected chi connectivity index (χ4v) is 15.2. The van der Waals surface area contributed by atoms with Crippen molar-refractivity contribution in [1.29, 1.82) is 0 Å². The summed E-state index contributed by atoms with van der Waals surface area (Å²) in [4.78, 5) is 0.590. The SMILES string of the molecule is O=S(=O)(CCC1[C@H]2[C@@H](O)[C@H]3[C@H]4C5CC3(S(=O)(=O)c3ccccc3)[C@@H]3[C@@H](O)[C@H]1[C@H]([C@@H]53)[C@H]24)c1ccccc1. The minimum absolute atomic E-state index is 0.0187. The van der Waals surface area contributed by atoms with Crippen LogP contribution in [0.5, 0.6) is 0 Å². The Kier molecular flexibility index (Phi) is 4.22. The van der Waals surface area contributed by atoms with Gasteiger partial charge in [-0.15, -0.1) is 0 Å². The molecule has 3 unspecified atom stereocenters. The van der Waals surface area contributed by atoms with Crippen LogP contribution >= 0.6 is 0 Å². The van der Waals surface area contributed by atoms with E-state index >= 15 is 0 Å². The Morgan fingerprint density at radius 3 is 1.72 bits per heavy atom. The molecular weight excluding hydrogens is 496 g/mol. The summed E-state index contributed by atoms with van der Waals surface area (Å²) in [6, 6.07) is 17.0. The van der Waals surface area contributed by atoms with E-state index in [1.54, 1.807) is 60.7 Å². The van der Waals surface area contributed by atoms with Crippen LogP contribution in [-0.4, -0.2) is 49.8 Å². The van der Waals surface area contributed by atoms with Crippen LogP contribution in [-0.2, 0) is 19.7 Å². The molecule has 0 amide bonds. The number of aliphatic hydroxyl groups is 2. The maximum absolute atomic E-state index is 14.3. The smallest absolute Gasteiger partial charge is 0.184 e. The zero-order chi connectivity index (χ0) is 24.8. The summed E-state index contributed by atoms with van der Waals surface area (Å²) in [5, 5.41) is 23.6. The molecule has 6 fully saturated rings. The van der Waals surface area contributed by atoms with Crippen molar-refractivity contribution in [2.75, 3.05) is 5.75 Å². The third kappa shape index (κ3) is 2.25. The van der Waals surface area contributed by atoms with Crippen LogP contribution < -0.4 is 0 Å². The van der Waals surface area contributed by atoms with Gasteiger partial charge in [-0.05, 0) is 84.5 Å². The molecule has 0 aromatic heterocycles. The van der Waals surface area contributed by atoms with Crippen LogP contribution in [0.1, 0.15) is 12.8 Å². The number of rotatable bonds is 6. The molecule has 13 atom stereocenters. The number of sulfone groups is 2. The summed E-state index contributed by atoms with van der Waals surface area (Å²) in [7, 11) is -7.25. The highest BCUT2D eigenvalue weighted by atomic mass is 32.2. The summed E-state index contributed by atoms with van der Waals surface area (Å²) in [5.41, 5.74) is 0. The molecule has 6 aliphatic carbocycles. The number of hydrogen-bond donors (Lipinski definition) is 2. The van der Waals surface area contributed by atoms with E-state index in [1.807, 2.05) is 0 Å². The summed E-state index contributed by atoms with van der Waals surface area (Å²) in [5.74, 6) is -0.160. The van der Waals surface area contributed by atoms with Gasteiger partial charge in [0.25, 0.3) is 0 Å². The summed E-state index contributed by atoms with van der Waals surface area (Å²) < 4.78 is 53.7. The van der Waals surface area contributed by atoms with E-state index in [1.165, 1.54) is 0 Å². The van der Waals surface area contributed by atoms with Gasteiger partial charge >= 0.3 is 0 Å². The van der Waals surface area contributed by atoms with Gasteiger partial charge in [-0.25, -0.2) is 16.8 Å². The van der Waals surface area contributed by atoms with Gasteiger partial charge in [0.2, 0.25) is 0 Å². The molecule has 0 heterocycles. The lowest BCUT2D eigenvalue weighted by Crippen LogP contribution is -2.58. The van der Waals surface area contributed by atoms with E-state index in [9.17, 15) is 27.0 Å². The van der Waals surface area contributed by atoms with E-state index in [2.05, 4.69) is 0 Å². The molecule has 0 saturated heterocycles. The van der Waals surface area contributed by atoms with Gasteiger partial charge < -0.3 is 10.2 Å². The molecule has 2 N–H and O–H groups in total. The van der Waals surface area contributed by atoms with Crippen LogP contribution in [0.2, 0.25) is 0 Å². The van der Waals surface area contributed by atoms with Gasteiger partial charge in [0, 0.05) is 11.8 Å². The van der Waals surface area contributed by atoms with E-state index in [0.717, 1.165) is 0 Å². The van der Waals surface area contributed by atoms with Crippen LogP contribution in [0.15, 0.2) is 70.5 Å². The molecule has 2 bridgehead atoms. The van der Waals surface area contributed by atoms with Gasteiger partial charge in [0.1, 0.15) is 0 Å². The molecule has 0 radical (unpaired) electrons. The molecule has 6 nitrogen and oxygen atoms in total. The van der Waals surface area contributed by atoms with Crippen molar-refractivity contribution in [2.45, 2.75) is 39.6 Å². The van der Waals surface area contributed by atoms with Gasteiger partial charge in [-0.3, -0.25) is 0 Å². The minimum atomic E-state index is -3.78. The van der Waals surface area contributed by atoms with Crippen LogP contribution in [0.25, 0.3) is 0 Å². The molecule has 8 rings (SSSR count). The van der Waals surface area contributed by atoms with Crippen LogP contribution in [0.3, 0.4) is 0 Å². The Balaban J connectivity index is 1.20. The van der Waals surface area contributed by atoms with E-state index in [0.29, 0.717) is 17.7 Å². The van der Waals surface area contributed by atoms with Crippen molar-refractivity contribution in [1.82, 2.24) is 0 Å². The Labute approximate surface area is 211 Å². The molecule has 0 aliphatic heterocycles. The normalized spacial score (nSPS) is 48.9. The van der Waals surface area contributed by atoms with Crippen molar-refractivity contribution < 1.29 is 27.0 Å². The average molecular weight is 527 g/mol. The Hall–Kier alpha value is -1.74. The largest absolute Gasteiger partial charge is 0.392 e. The molecule has 0 spiro atoms. The maximum atomic E-state index is 14.3. The second-order valence-corrected chi connectivity index (χ2v) is 16.6. The van der Waals surface area contributed by atoms with Crippen molar-refractivity contribution in [3.8, 4) is 0 Å². The second-order valence-electron chi connectivity index (χ2n) is 12.2. The highest BCUT2D eigenvalue weighted by Crippen LogP contribution is 2.86. The third-order valence-corrected chi connectivity index (χ3v) is 16.0. The number of hydrogen-bond acceptors (Lipinski definition) is 6. The molecular formula is C28H30O6S2. The lowest BCUT2D eigenvalue weighted by molar-refractivity contribution is -0.0401. The minimum Gasteiger partial charge on any atom is -0.392 e. The number of fused-ring (bicyclic) bond motifs is 3. The first-order chi connectivity index (χ1) is 17.2. The molecule has 36 heavy (non-hydrogen) atoms. The van der Waals surface area contributed by atoms with Crippen molar-refractivity contribution in [2.24, 2.45) is 59.2 Å². The molecule has 2 aromatic rings. The molecule has 190 valence electrons. The van der Waals surface area contributed by atoms with Crippen molar-refractivity contribution in [3.05, 3.63) is 60.7 Å². The maximum Gasteiger partial charge on any atom is 0.184 e. The number of aliphatic hydroxyl groups excluding tert-OH is 2. The van der Waals surface area contributed by atoms with E-state index in [-0.39, 0.29) is 69.8 Å². The predicted octanol–water partition coefficient (Wildman–Crippen LogP) is 2.42. The topological polar surface area (TPSA) is 109 Å². The molecule has 2 aromatic carbocycles. The lowest BCUT2D eigenvalue weighted by Gasteiger charge is -2.47. The molecule has 8 heteroatoms. The first kappa shape index (κ1) is 22.3. The summed E-state index contributed by atoms with van der Waals surface area (Å²) in [6.45, 7) is 0. The monoisotopic (exact) mass is 526 g/mol. The van der Waals surface area contributed by atoms with Crippen molar-refractivity contribution >= 4 is 19.7 Å². The fourth-order valence-electron chi connectivity index (χ4n) is 11.2. The fraction of sp³-hybridized carbons (Fsp3) is 0.571. The van der Waals surface area contributed by atoms with E-state index in [4.69, 9.17) is 0 Å². The zero-order valence-electron chi connectivity index (χ0n) is 19.7. The lowest BCUT2D eigenvalue weighted by atomic mass is 9.68. The van der Waals surface area contributed by atoms with Gasteiger partial charge in [0.15, 0.2) is 19.7 Å². The Morgan fingerprint density at radius 2 is 1.19 bits per heavy atom. The zero-order valence-corrected chi connectivity index (χ0v) is 21.3. The van der Waals surface area contributed by atoms with Gasteiger partial charge in [-0.2, -0.15) is 0 Å². The second kappa shape index (κ2) is 6.82. The molecule has 6 aliphatic rings. The highest BCUT2D eigenvalue weighted by molar-refractivity contribution is 7.93. The summed E-state index contributed by atoms with van der Waals surface area (Å²) >= 11 is 0. The first-order valence-electron chi connectivity index (χ1n) is 13.2. The Morgan fingerprint density at radius 1 is 0.694 bits per heavy atom. The predicted molar refractivity (Wildman–Crippen MR) is 131 cm³/mol. The van der Waals surface area contributed by atoms with Gasteiger partial charge in [-0.1, -0.05) is 36.4 Å². The standard InChI is InChI=1S/C28H30O6S2/c29-26-20-16(11-12-35(31,32)14-7-3-1-4-8-14)21-23-19-17-13-28(25(19)27(21)30,24(26)18(17)22(20)23)36(33,34)15-9-5-2-6-10-15/h1-10,16-27,29-30H,11-13H2/t16?,17?,18-,19+,20-,21-,22+,23+,24+,25-,26+,27-,28?/m1/s1. The van der Waals surface area contributed by atoms with Crippen LogP contribution in [0.4, 0.5) is 0 Å². The third-order valence-electron chi connectivity index (χ3n) is 11.6. The van der Waals surface area contributed by atoms with E-state index < -0.39 is 36.6 Å². The first-order valence-corrected chi connectivity index (χ1v) is 16.3.